The zero-order valence-electron chi connectivity index (χ0n) is 24.0. The fourth-order valence-corrected chi connectivity index (χ4v) is 6.05. The smallest absolute Gasteiger partial charge is 0.354 e. The normalized spacial score (nSPS) is 11.6. The third-order valence-corrected chi connectivity index (χ3v) is 8.35. The first kappa shape index (κ1) is 30.0. The Hall–Kier alpha value is -3.96. The molecular weight excluding hydrogens is 544 g/mol. The summed E-state index contributed by atoms with van der Waals surface area (Å²) in [4.78, 5) is 16.9. The maximum atomic E-state index is 13.5. The molecule has 0 bridgehead atoms. The fourth-order valence-electron chi connectivity index (χ4n) is 4.76. The number of nitrogens with zero attached hydrogens (tertiary/aromatic N) is 3. The third kappa shape index (κ3) is 6.36. The van der Waals surface area contributed by atoms with Gasteiger partial charge in [-0.1, -0.05) is 55.4 Å². The number of carbonyl (C=O) groups is 1. The van der Waals surface area contributed by atoms with E-state index < -0.39 is 16.0 Å². The van der Waals surface area contributed by atoms with Crippen LogP contribution in [0.25, 0.3) is 11.1 Å². The lowest BCUT2D eigenvalue weighted by Gasteiger charge is -2.17. The summed E-state index contributed by atoms with van der Waals surface area (Å²) in [6.45, 7) is 10.3. The van der Waals surface area contributed by atoms with Crippen LogP contribution in [0.4, 0.5) is 5.82 Å². The van der Waals surface area contributed by atoms with Crippen LogP contribution in [0, 0.1) is 13.8 Å². The van der Waals surface area contributed by atoms with Gasteiger partial charge in [0, 0.05) is 30.7 Å². The van der Waals surface area contributed by atoms with Crippen molar-refractivity contribution >= 4 is 21.8 Å². The average Bonchev–Trinajstić information content (AvgIpc) is 3.46. The molecular formula is C30H36N4O6S. The first-order valence-electron chi connectivity index (χ1n) is 13.7. The number of aromatic nitrogens is 3. The molecule has 0 atom stereocenters. The second-order valence-corrected chi connectivity index (χ2v) is 11.4. The topological polar surface area (TPSA) is 137 Å². The van der Waals surface area contributed by atoms with Crippen molar-refractivity contribution in [3.8, 4) is 11.1 Å². The third-order valence-electron chi connectivity index (χ3n) is 6.96. The number of rotatable bonds is 13. The van der Waals surface area contributed by atoms with Crippen molar-refractivity contribution in [2.45, 2.75) is 71.9 Å². The molecule has 41 heavy (non-hydrogen) atoms. The molecule has 4 aromatic rings. The number of carboxylic acid groups (broad SMARTS) is 1. The number of ether oxygens (including phenoxy) is 1. The van der Waals surface area contributed by atoms with Gasteiger partial charge in [-0.05, 0) is 56.4 Å². The highest BCUT2D eigenvalue weighted by molar-refractivity contribution is 7.92. The summed E-state index contributed by atoms with van der Waals surface area (Å²) in [6, 6.07) is 12.5. The number of aromatic carboxylic acids is 1. The number of benzene rings is 2. The van der Waals surface area contributed by atoms with Crippen LogP contribution < -0.4 is 4.72 Å². The summed E-state index contributed by atoms with van der Waals surface area (Å²) in [7, 11) is -4.02. The summed E-state index contributed by atoms with van der Waals surface area (Å²) in [5, 5.41) is 13.8. The lowest BCUT2D eigenvalue weighted by Crippen LogP contribution is -2.15. The van der Waals surface area contributed by atoms with Crippen LogP contribution in [0.1, 0.15) is 71.6 Å². The van der Waals surface area contributed by atoms with E-state index in [9.17, 15) is 18.3 Å². The fraction of sp³-hybridized carbons (Fsp3) is 0.367. The molecule has 0 aliphatic carbocycles. The number of hydrogen-bond donors (Lipinski definition) is 2. The van der Waals surface area contributed by atoms with Crippen molar-refractivity contribution in [2.24, 2.45) is 0 Å². The minimum atomic E-state index is -4.02. The van der Waals surface area contributed by atoms with E-state index in [1.54, 1.807) is 42.7 Å². The Labute approximate surface area is 240 Å². The van der Waals surface area contributed by atoms with Crippen LogP contribution in [0.2, 0.25) is 0 Å². The molecule has 4 rings (SSSR count). The first-order valence-corrected chi connectivity index (χ1v) is 15.2. The molecule has 0 aliphatic rings. The van der Waals surface area contributed by atoms with Gasteiger partial charge in [-0.3, -0.25) is 4.72 Å². The van der Waals surface area contributed by atoms with Crippen molar-refractivity contribution < 1.29 is 27.6 Å². The second kappa shape index (κ2) is 12.7. The van der Waals surface area contributed by atoms with Crippen LogP contribution >= 0.6 is 0 Å². The largest absolute Gasteiger partial charge is 0.477 e. The van der Waals surface area contributed by atoms with Gasteiger partial charge in [0.2, 0.25) is 0 Å². The van der Waals surface area contributed by atoms with Gasteiger partial charge in [0.05, 0.1) is 17.2 Å². The molecule has 2 aromatic heterocycles. The van der Waals surface area contributed by atoms with E-state index in [0.717, 1.165) is 23.4 Å². The van der Waals surface area contributed by atoms with Crippen molar-refractivity contribution in [1.82, 2.24) is 14.7 Å². The van der Waals surface area contributed by atoms with Crippen LogP contribution in [0.3, 0.4) is 0 Å². The zero-order chi connectivity index (χ0) is 29.7. The minimum absolute atomic E-state index is 0.0890. The zero-order valence-corrected chi connectivity index (χ0v) is 24.8. The molecule has 0 aliphatic heterocycles. The standard InChI is InChI=1S/C30H36N4O6S/c1-6-11-27-31-25(7-2)28(30(35)36)34(27)17-21-14-15-23(22(16-21)18-39-8-3)24-12-9-10-13-26(24)41(37,38)33-29-19(4)20(5)40-32-29/h9-10,12-16H,6-8,11,17-18H2,1-5H3,(H,32,33)(H,35,36). The van der Waals surface area contributed by atoms with Gasteiger partial charge in [-0.15, -0.1) is 0 Å². The number of sulfonamides is 1. The number of imidazole rings is 1. The number of carboxylic acids is 1. The molecule has 0 unspecified atom stereocenters. The molecule has 2 N–H and O–H groups in total. The lowest BCUT2D eigenvalue weighted by molar-refractivity contribution is 0.0684. The van der Waals surface area contributed by atoms with Gasteiger partial charge in [-0.25, -0.2) is 18.2 Å². The maximum Gasteiger partial charge on any atom is 0.354 e. The van der Waals surface area contributed by atoms with Crippen molar-refractivity contribution in [1.29, 1.82) is 0 Å². The van der Waals surface area contributed by atoms with Crippen LogP contribution in [0.15, 0.2) is 51.9 Å². The molecule has 218 valence electrons. The van der Waals surface area contributed by atoms with E-state index in [0.29, 0.717) is 54.1 Å². The number of aryl methyl sites for hydroxylation is 3. The molecule has 0 spiro atoms. The Bertz CT molecular complexity index is 1660. The van der Waals surface area contributed by atoms with Gasteiger partial charge in [0.25, 0.3) is 10.0 Å². The second-order valence-electron chi connectivity index (χ2n) is 9.76. The van der Waals surface area contributed by atoms with Crippen LogP contribution in [0.5, 0.6) is 0 Å². The highest BCUT2D eigenvalue weighted by atomic mass is 32.2. The number of nitrogens with one attached hydrogen (secondary N) is 1. The molecule has 0 radical (unpaired) electrons. The van der Waals surface area contributed by atoms with E-state index in [1.807, 2.05) is 39.0 Å². The molecule has 10 nitrogen and oxygen atoms in total. The summed E-state index contributed by atoms with van der Waals surface area (Å²) < 4.78 is 42.3. The van der Waals surface area contributed by atoms with Gasteiger partial charge >= 0.3 is 5.97 Å². The van der Waals surface area contributed by atoms with E-state index in [-0.39, 0.29) is 23.0 Å². The summed E-state index contributed by atoms with van der Waals surface area (Å²) in [5.74, 6) is 0.402. The molecule has 0 fully saturated rings. The van der Waals surface area contributed by atoms with E-state index in [2.05, 4.69) is 14.9 Å². The Morgan fingerprint density at radius 3 is 2.49 bits per heavy atom. The Balaban J connectivity index is 1.78. The van der Waals surface area contributed by atoms with E-state index in [4.69, 9.17) is 9.26 Å². The van der Waals surface area contributed by atoms with Gasteiger partial charge < -0.3 is 18.9 Å². The summed E-state index contributed by atoms with van der Waals surface area (Å²) in [5.41, 5.74) is 4.22. The molecule has 11 heteroatoms. The van der Waals surface area contributed by atoms with E-state index >= 15 is 0 Å². The molecule has 0 saturated heterocycles. The van der Waals surface area contributed by atoms with Gasteiger partial charge in [-0.2, -0.15) is 0 Å². The molecule has 0 amide bonds. The molecule has 2 aromatic carbocycles. The Morgan fingerprint density at radius 1 is 1.10 bits per heavy atom. The van der Waals surface area contributed by atoms with E-state index in [1.165, 1.54) is 0 Å². The van der Waals surface area contributed by atoms with Gasteiger partial charge in [0.1, 0.15) is 11.6 Å². The Kier molecular flexibility index (Phi) is 9.29. The highest BCUT2D eigenvalue weighted by Gasteiger charge is 2.25. The number of anilines is 1. The van der Waals surface area contributed by atoms with Crippen LogP contribution in [-0.2, 0) is 40.8 Å². The molecule has 0 saturated carbocycles. The lowest BCUT2D eigenvalue weighted by atomic mass is 9.97. The predicted molar refractivity (Wildman–Crippen MR) is 156 cm³/mol. The van der Waals surface area contributed by atoms with Crippen molar-refractivity contribution in [3.05, 3.63) is 82.1 Å². The van der Waals surface area contributed by atoms with Gasteiger partial charge in [0.15, 0.2) is 11.5 Å². The minimum Gasteiger partial charge on any atom is -0.477 e. The molecule has 2 heterocycles. The van der Waals surface area contributed by atoms with Crippen LogP contribution in [-0.4, -0.2) is 40.8 Å². The van der Waals surface area contributed by atoms with Crippen molar-refractivity contribution in [2.75, 3.05) is 11.3 Å². The summed E-state index contributed by atoms with van der Waals surface area (Å²) in [6.07, 6.45) is 2.01. The number of hydrogen-bond acceptors (Lipinski definition) is 7. The summed E-state index contributed by atoms with van der Waals surface area (Å²) >= 11 is 0. The maximum absolute atomic E-state index is 13.5. The predicted octanol–water partition coefficient (Wildman–Crippen LogP) is 5.75. The first-order chi connectivity index (χ1) is 19.6. The highest BCUT2D eigenvalue weighted by Crippen LogP contribution is 2.33. The Morgan fingerprint density at radius 2 is 1.85 bits per heavy atom. The SMILES string of the molecule is CCCc1nc(CC)c(C(=O)O)n1Cc1ccc(-c2ccccc2S(=O)(=O)Nc2noc(C)c2C)c(COCC)c1. The van der Waals surface area contributed by atoms with Crippen molar-refractivity contribution in [3.63, 3.8) is 0 Å². The monoisotopic (exact) mass is 580 g/mol. The average molecular weight is 581 g/mol. The quantitative estimate of drug-likeness (QED) is 0.204.